The van der Waals surface area contributed by atoms with Gasteiger partial charge in [-0.15, -0.1) is 0 Å². The molecule has 8 heteroatoms. The van der Waals surface area contributed by atoms with Crippen LogP contribution in [0.4, 0.5) is 0 Å². The van der Waals surface area contributed by atoms with E-state index in [1.165, 1.54) is 14.0 Å². The van der Waals surface area contributed by atoms with Crippen LogP contribution in [0.5, 0.6) is 5.88 Å². The Balaban J connectivity index is 3.53. The van der Waals surface area contributed by atoms with Gasteiger partial charge in [-0.1, -0.05) is 58.0 Å². The molecule has 0 radical (unpaired) electrons. The number of alkyl halides is 3. The molecule has 0 N–H and O–H groups in total. The van der Waals surface area contributed by atoms with E-state index in [9.17, 15) is 4.79 Å². The fourth-order valence-electron chi connectivity index (χ4n) is 1.30. The van der Waals surface area contributed by atoms with E-state index in [2.05, 4.69) is 4.98 Å². The largest absolute Gasteiger partial charge is 0.480 e. The number of methoxy groups -OCH3 is 1. The number of nitrogens with zero attached hydrogens (tertiary/aromatic N) is 1. The second-order valence-corrected chi connectivity index (χ2v) is 6.49. The normalized spacial score (nSPS) is 11.5. The predicted octanol–water partition coefficient (Wildman–Crippen LogP) is 4.36. The van der Waals surface area contributed by atoms with Gasteiger partial charge >= 0.3 is 0 Å². The maximum Gasteiger partial charge on any atom is 0.234 e. The van der Waals surface area contributed by atoms with Crippen molar-refractivity contribution in [2.24, 2.45) is 0 Å². The lowest BCUT2D eigenvalue weighted by molar-refractivity contribution is -0.116. The van der Waals surface area contributed by atoms with Crippen LogP contribution in [-0.4, -0.2) is 17.9 Å². The van der Waals surface area contributed by atoms with Crippen LogP contribution in [0, 0.1) is 0 Å². The van der Waals surface area contributed by atoms with Crippen molar-refractivity contribution < 1.29 is 9.53 Å². The fourth-order valence-corrected chi connectivity index (χ4v) is 2.53. The monoisotopic (exact) mass is 349 g/mol. The first-order valence-electron chi connectivity index (χ1n) is 4.67. The van der Waals surface area contributed by atoms with Gasteiger partial charge in [-0.2, -0.15) is 0 Å². The molecular weight excluding hydrogens is 343 g/mol. The van der Waals surface area contributed by atoms with Crippen LogP contribution in [0.2, 0.25) is 10.0 Å². The molecule has 1 rings (SSSR count). The maximum atomic E-state index is 11.2. The summed E-state index contributed by atoms with van der Waals surface area (Å²) in [6, 6.07) is 0. The molecule has 1 aromatic heterocycles. The highest BCUT2D eigenvalue weighted by Crippen LogP contribution is 2.45. The molecule has 0 amide bonds. The van der Waals surface area contributed by atoms with Crippen LogP contribution in [0.3, 0.4) is 0 Å². The van der Waals surface area contributed by atoms with Gasteiger partial charge in [-0.3, -0.25) is 4.79 Å². The third kappa shape index (κ3) is 3.55. The molecule has 0 fully saturated rings. The minimum atomic E-state index is -1.83. The molecule has 0 unspecified atom stereocenters. The summed E-state index contributed by atoms with van der Waals surface area (Å²) in [4.78, 5) is 15.1. The van der Waals surface area contributed by atoms with Crippen LogP contribution in [0.1, 0.15) is 18.2 Å². The van der Waals surface area contributed by atoms with Crippen LogP contribution in [0.25, 0.3) is 0 Å². The lowest BCUT2D eigenvalue weighted by Gasteiger charge is -2.17. The number of carbonyl (C=O) groups excluding carboxylic acids is 1. The van der Waals surface area contributed by atoms with Crippen LogP contribution >= 0.6 is 58.0 Å². The van der Waals surface area contributed by atoms with E-state index in [0.29, 0.717) is 5.56 Å². The number of halogens is 5. The number of ether oxygens (including phenoxy) is 1. The maximum absolute atomic E-state index is 11.2. The van der Waals surface area contributed by atoms with Crippen molar-refractivity contribution in [3.8, 4) is 5.88 Å². The quantitative estimate of drug-likeness (QED) is 0.760. The number of rotatable bonds is 3. The highest BCUT2D eigenvalue weighted by atomic mass is 35.6. The lowest BCUT2D eigenvalue weighted by Crippen LogP contribution is -2.10. The van der Waals surface area contributed by atoms with Gasteiger partial charge in [-0.05, 0) is 6.92 Å². The number of aromatic nitrogens is 1. The Morgan fingerprint density at radius 3 is 2.22 bits per heavy atom. The molecule has 100 valence electrons. The summed E-state index contributed by atoms with van der Waals surface area (Å²) in [5.41, 5.74) is 0.311. The Labute approximate surface area is 129 Å². The van der Waals surface area contributed by atoms with Gasteiger partial charge in [0.15, 0.2) is 0 Å². The predicted molar refractivity (Wildman–Crippen MR) is 74.4 cm³/mol. The van der Waals surface area contributed by atoms with E-state index >= 15 is 0 Å². The molecule has 0 aromatic carbocycles. The van der Waals surface area contributed by atoms with Crippen LogP contribution in [0.15, 0.2) is 0 Å². The lowest BCUT2D eigenvalue weighted by atomic mass is 10.1. The molecule has 1 heterocycles. The summed E-state index contributed by atoms with van der Waals surface area (Å²) in [6.45, 7) is 1.40. The topological polar surface area (TPSA) is 39.2 Å². The standard InChI is InChI=1S/C10H8Cl5NO2/c1-4(17)3-5-6(11)8(10(13,14)15)16-9(18-2)7(5)12/h3H2,1-2H3. The van der Waals surface area contributed by atoms with Crippen molar-refractivity contribution in [2.75, 3.05) is 7.11 Å². The zero-order valence-electron chi connectivity index (χ0n) is 9.36. The molecule has 0 saturated carbocycles. The number of Topliss-reactive ketones (excluding diaryl/α,β-unsaturated/α-hetero) is 1. The molecule has 3 nitrogen and oxygen atoms in total. The van der Waals surface area contributed by atoms with Gasteiger partial charge in [0, 0.05) is 12.0 Å². The van der Waals surface area contributed by atoms with Gasteiger partial charge < -0.3 is 4.74 Å². The van der Waals surface area contributed by atoms with Gasteiger partial charge in [0.2, 0.25) is 9.67 Å². The summed E-state index contributed by atoms with van der Waals surface area (Å²) in [7, 11) is 1.36. The minimum absolute atomic E-state index is 0.00426. The SMILES string of the molecule is COc1nc(C(Cl)(Cl)Cl)c(Cl)c(CC(C)=O)c1Cl. The average Bonchev–Trinajstić information content (AvgIpc) is 2.22. The fraction of sp³-hybridized carbons (Fsp3) is 0.400. The Morgan fingerprint density at radius 1 is 1.28 bits per heavy atom. The van der Waals surface area contributed by atoms with Crippen molar-refractivity contribution in [3.05, 3.63) is 21.3 Å². The van der Waals surface area contributed by atoms with Crippen molar-refractivity contribution in [1.29, 1.82) is 0 Å². The summed E-state index contributed by atoms with van der Waals surface area (Å²) in [5.74, 6) is -0.0824. The van der Waals surface area contributed by atoms with E-state index in [1.54, 1.807) is 0 Å². The number of hydrogen-bond donors (Lipinski definition) is 0. The summed E-state index contributed by atoms with van der Waals surface area (Å²) in [5, 5.41) is 0.187. The second kappa shape index (κ2) is 6.02. The smallest absolute Gasteiger partial charge is 0.234 e. The Bertz CT molecular complexity index is 484. The zero-order valence-corrected chi connectivity index (χ0v) is 13.1. The van der Waals surface area contributed by atoms with Gasteiger partial charge in [-0.25, -0.2) is 4.98 Å². The second-order valence-electron chi connectivity index (χ2n) is 3.45. The molecular formula is C10H8Cl5NO2. The Morgan fingerprint density at radius 2 is 1.83 bits per heavy atom. The molecule has 18 heavy (non-hydrogen) atoms. The van der Waals surface area contributed by atoms with Crippen molar-refractivity contribution in [1.82, 2.24) is 4.98 Å². The molecule has 1 aromatic rings. The van der Waals surface area contributed by atoms with Crippen molar-refractivity contribution in [3.63, 3.8) is 0 Å². The molecule has 0 aliphatic carbocycles. The Hall–Kier alpha value is 0.0700. The van der Waals surface area contributed by atoms with Gasteiger partial charge in [0.25, 0.3) is 0 Å². The van der Waals surface area contributed by atoms with Crippen LogP contribution < -0.4 is 4.74 Å². The third-order valence-electron chi connectivity index (χ3n) is 2.03. The van der Waals surface area contributed by atoms with E-state index in [4.69, 9.17) is 62.7 Å². The number of carbonyl (C=O) groups is 1. The Kier molecular flexibility index (Phi) is 5.39. The van der Waals surface area contributed by atoms with E-state index in [0.717, 1.165) is 0 Å². The highest BCUT2D eigenvalue weighted by molar-refractivity contribution is 6.67. The molecule has 0 bridgehead atoms. The van der Waals surface area contributed by atoms with Gasteiger partial charge in [0.1, 0.15) is 16.5 Å². The van der Waals surface area contributed by atoms with Crippen LogP contribution in [-0.2, 0) is 15.0 Å². The van der Waals surface area contributed by atoms with Crippen molar-refractivity contribution >= 4 is 63.8 Å². The average molecular weight is 351 g/mol. The van der Waals surface area contributed by atoms with E-state index < -0.39 is 3.79 Å². The molecule has 0 aliphatic rings. The zero-order chi connectivity index (χ0) is 14.1. The number of pyridine rings is 1. The minimum Gasteiger partial charge on any atom is -0.480 e. The number of ketones is 1. The highest BCUT2D eigenvalue weighted by Gasteiger charge is 2.32. The summed E-state index contributed by atoms with van der Waals surface area (Å²) >= 11 is 29.4. The first kappa shape index (κ1) is 16.1. The van der Waals surface area contributed by atoms with E-state index in [1.807, 2.05) is 0 Å². The first-order chi connectivity index (χ1) is 8.18. The van der Waals surface area contributed by atoms with E-state index in [-0.39, 0.29) is 33.8 Å². The van der Waals surface area contributed by atoms with Gasteiger partial charge in [0.05, 0.1) is 12.1 Å². The van der Waals surface area contributed by atoms with Crippen molar-refractivity contribution in [2.45, 2.75) is 17.1 Å². The molecule has 0 atom stereocenters. The molecule has 0 saturated heterocycles. The first-order valence-corrected chi connectivity index (χ1v) is 6.56. The molecule has 0 aliphatic heterocycles. The summed E-state index contributed by atoms with van der Waals surface area (Å²) < 4.78 is 3.14. The third-order valence-corrected chi connectivity index (χ3v) is 3.36. The number of hydrogen-bond acceptors (Lipinski definition) is 3. The molecule has 0 spiro atoms. The summed E-state index contributed by atoms with van der Waals surface area (Å²) in [6.07, 6.45) is 0.00426.